The summed E-state index contributed by atoms with van der Waals surface area (Å²) in [7, 11) is 9.79. The minimum absolute atomic E-state index is 0. The van der Waals surface area contributed by atoms with Crippen LogP contribution in [0.25, 0.3) is 0 Å². The zero-order valence-corrected chi connectivity index (χ0v) is 6.68. The standard InChI is InChI=1S/2CH3.2ClH.Mo/h2*1H3;2*1H;/q2*-1;;;+2/p-2. The van der Waals surface area contributed by atoms with E-state index in [1.807, 2.05) is 0 Å². The van der Waals surface area contributed by atoms with Crippen molar-refractivity contribution in [3.05, 3.63) is 14.9 Å². The van der Waals surface area contributed by atoms with E-state index < -0.39 is 16.5 Å². The van der Waals surface area contributed by atoms with Gasteiger partial charge in [-0.25, -0.2) is 0 Å². The van der Waals surface area contributed by atoms with E-state index in [1.54, 1.807) is 0 Å². The zero-order chi connectivity index (χ0) is 2.71. The molecular formula is C2H6Cl2Mo-2. The van der Waals surface area contributed by atoms with E-state index in [1.165, 1.54) is 0 Å². The van der Waals surface area contributed by atoms with Crippen LogP contribution in [0.2, 0.25) is 0 Å². The Hall–Kier alpha value is 1.27. The average molecular weight is 197 g/mol. The molecule has 0 amide bonds. The molecule has 0 unspecified atom stereocenters. The first kappa shape index (κ1) is 16.3. The van der Waals surface area contributed by atoms with Gasteiger partial charge in [0.25, 0.3) is 0 Å². The molecule has 0 saturated carbocycles. The molecule has 5 heavy (non-hydrogen) atoms. The van der Waals surface area contributed by atoms with Crippen LogP contribution in [0.1, 0.15) is 0 Å². The molecule has 0 fully saturated rings. The Morgan fingerprint density at radius 2 is 1.00 bits per heavy atom. The van der Waals surface area contributed by atoms with Gasteiger partial charge < -0.3 is 14.9 Å². The molecule has 0 rings (SSSR count). The van der Waals surface area contributed by atoms with Crippen LogP contribution in [-0.2, 0) is 16.5 Å². The van der Waals surface area contributed by atoms with Crippen LogP contribution in [0, 0.1) is 14.9 Å². The first-order chi connectivity index (χ1) is 1.41. The van der Waals surface area contributed by atoms with Crippen LogP contribution in [0.15, 0.2) is 0 Å². The van der Waals surface area contributed by atoms with Crippen LogP contribution >= 0.6 is 18.8 Å². The zero-order valence-electron chi connectivity index (χ0n) is 3.16. The molecule has 0 saturated heterocycles. The molecule has 0 aliphatic heterocycles. The van der Waals surface area contributed by atoms with Gasteiger partial charge in [-0.05, 0) is 0 Å². The third kappa shape index (κ3) is 35.0. The van der Waals surface area contributed by atoms with Gasteiger partial charge in [0.1, 0.15) is 0 Å². The van der Waals surface area contributed by atoms with E-state index in [4.69, 9.17) is 18.8 Å². The first-order valence-corrected chi connectivity index (χ1v) is 5.48. The number of halogens is 2. The van der Waals surface area contributed by atoms with Gasteiger partial charge in [-0.1, -0.05) is 0 Å². The monoisotopic (exact) mass is 198 g/mol. The van der Waals surface area contributed by atoms with Gasteiger partial charge in [-0.15, -0.1) is 0 Å². The summed E-state index contributed by atoms with van der Waals surface area (Å²) in [5, 5.41) is 0. The second kappa shape index (κ2) is 18.7. The third-order valence-electron chi connectivity index (χ3n) is 0. The van der Waals surface area contributed by atoms with Gasteiger partial charge >= 0.3 is 35.3 Å². The van der Waals surface area contributed by atoms with Gasteiger partial charge in [0.15, 0.2) is 0 Å². The van der Waals surface area contributed by atoms with Gasteiger partial charge in [-0.2, -0.15) is 0 Å². The van der Waals surface area contributed by atoms with Crippen molar-refractivity contribution in [1.82, 2.24) is 0 Å². The van der Waals surface area contributed by atoms with Crippen molar-refractivity contribution < 1.29 is 16.5 Å². The van der Waals surface area contributed by atoms with Crippen molar-refractivity contribution in [3.63, 3.8) is 0 Å². The van der Waals surface area contributed by atoms with Crippen molar-refractivity contribution in [2.24, 2.45) is 0 Å². The van der Waals surface area contributed by atoms with Crippen molar-refractivity contribution in [2.45, 2.75) is 0 Å². The Kier molecular flexibility index (Phi) is 60.8. The molecule has 0 atom stereocenters. The fourth-order valence-electron chi connectivity index (χ4n) is 0. The molecule has 0 heterocycles. The molecule has 36 valence electrons. The summed E-state index contributed by atoms with van der Waals surface area (Å²) in [6, 6.07) is 0. The van der Waals surface area contributed by atoms with E-state index >= 15 is 0 Å². The van der Waals surface area contributed by atoms with E-state index in [-0.39, 0.29) is 14.9 Å². The van der Waals surface area contributed by atoms with E-state index in [2.05, 4.69) is 0 Å². The number of rotatable bonds is 0. The Labute approximate surface area is 50.2 Å². The van der Waals surface area contributed by atoms with Crippen molar-refractivity contribution >= 4 is 18.8 Å². The summed E-state index contributed by atoms with van der Waals surface area (Å²) in [5.41, 5.74) is 0. The molecule has 0 N–H and O–H groups in total. The van der Waals surface area contributed by atoms with Crippen molar-refractivity contribution in [1.29, 1.82) is 0 Å². The average Bonchev–Trinajstić information content (AvgIpc) is 0.918. The second-order valence-electron chi connectivity index (χ2n) is 0.0583. The molecular weight excluding hydrogens is 191 g/mol. The summed E-state index contributed by atoms with van der Waals surface area (Å²) in [6.45, 7) is 0. The summed E-state index contributed by atoms with van der Waals surface area (Å²) in [4.78, 5) is 0. The van der Waals surface area contributed by atoms with Gasteiger partial charge in [0, 0.05) is 0 Å². The predicted molar refractivity (Wildman–Crippen MR) is 24.5 cm³/mol. The quantitative estimate of drug-likeness (QED) is 0.412. The Bertz CT molecular complexity index is 7.61. The summed E-state index contributed by atoms with van der Waals surface area (Å²) < 4.78 is 0. The molecule has 0 radical (unpaired) electrons. The summed E-state index contributed by atoms with van der Waals surface area (Å²) in [5.74, 6) is 0. The molecule has 0 aliphatic rings. The van der Waals surface area contributed by atoms with Gasteiger partial charge in [-0.3, -0.25) is 0 Å². The van der Waals surface area contributed by atoms with Crippen LogP contribution in [-0.4, -0.2) is 0 Å². The topological polar surface area (TPSA) is 0 Å². The second-order valence-corrected chi connectivity index (χ2v) is 3.11. The number of hydrogen-bond acceptors (Lipinski definition) is 0. The van der Waals surface area contributed by atoms with E-state index in [9.17, 15) is 0 Å². The van der Waals surface area contributed by atoms with Crippen molar-refractivity contribution in [2.75, 3.05) is 0 Å². The number of hydrogen-bond donors (Lipinski definition) is 0. The minimum atomic E-state index is -0.586. The Morgan fingerprint density at radius 3 is 1.00 bits per heavy atom. The molecule has 0 aromatic carbocycles. The Balaban J connectivity index is -0.0000000200. The molecule has 0 aliphatic carbocycles. The third-order valence-corrected chi connectivity index (χ3v) is 0. The maximum absolute atomic E-state index is 4.89. The molecule has 0 aromatic rings. The molecule has 0 aromatic heterocycles. The van der Waals surface area contributed by atoms with E-state index in [0.717, 1.165) is 0 Å². The van der Waals surface area contributed by atoms with Gasteiger partial charge in [0.2, 0.25) is 0 Å². The molecule has 0 bridgehead atoms. The summed E-state index contributed by atoms with van der Waals surface area (Å²) in [6.07, 6.45) is 0. The van der Waals surface area contributed by atoms with Crippen molar-refractivity contribution in [3.8, 4) is 0 Å². The Morgan fingerprint density at radius 1 is 1.00 bits per heavy atom. The normalized spacial score (nSPS) is 3.60. The molecule has 3 heteroatoms. The predicted octanol–water partition coefficient (Wildman–Crippen LogP) is 2.28. The fourth-order valence-corrected chi connectivity index (χ4v) is 0. The summed E-state index contributed by atoms with van der Waals surface area (Å²) >= 11 is -0.586. The van der Waals surface area contributed by atoms with Crippen LogP contribution in [0.3, 0.4) is 0 Å². The SMILES string of the molecule is [CH3-].[CH3-].[Cl][Mo][Cl]. The first-order valence-electron chi connectivity index (χ1n) is 0.309. The van der Waals surface area contributed by atoms with Gasteiger partial charge in [0.05, 0.1) is 0 Å². The van der Waals surface area contributed by atoms with E-state index in [0.29, 0.717) is 0 Å². The molecule has 0 nitrogen and oxygen atoms in total. The van der Waals surface area contributed by atoms with Crippen LogP contribution < -0.4 is 0 Å². The maximum atomic E-state index is 4.89. The molecule has 0 spiro atoms. The van der Waals surface area contributed by atoms with Crippen LogP contribution in [0.4, 0.5) is 0 Å². The fraction of sp³-hybridized carbons (Fsp3) is 0. The van der Waals surface area contributed by atoms with Crippen LogP contribution in [0.5, 0.6) is 0 Å².